The van der Waals surface area contributed by atoms with Crippen LogP contribution in [0, 0.1) is 29.1 Å². The third-order valence-corrected chi connectivity index (χ3v) is 5.14. The van der Waals surface area contributed by atoms with Crippen LogP contribution in [0.3, 0.4) is 0 Å². The summed E-state index contributed by atoms with van der Waals surface area (Å²) < 4.78 is 96.2. The number of rotatable bonds is 3. The van der Waals surface area contributed by atoms with Crippen molar-refractivity contribution in [3.63, 3.8) is 0 Å². The molecule has 0 aromatic rings. The van der Waals surface area contributed by atoms with Gasteiger partial charge < -0.3 is 4.74 Å². The van der Waals surface area contributed by atoms with E-state index in [0.717, 1.165) is 0 Å². The van der Waals surface area contributed by atoms with Gasteiger partial charge >= 0.3 is 18.1 Å². The van der Waals surface area contributed by atoms with Crippen LogP contribution in [0.1, 0.15) is 38.5 Å². The molecule has 2 fully saturated rings. The maximum Gasteiger partial charge on any atom is 0.453 e. The highest BCUT2D eigenvalue weighted by Gasteiger charge is 2.62. The molecule has 2 saturated carbocycles. The Kier molecular flexibility index (Phi) is 6.08. The number of hydrogen-bond acceptors (Lipinski definition) is 3. The predicted octanol–water partition coefficient (Wildman–Crippen LogP) is 4.51. The van der Waals surface area contributed by atoms with Crippen molar-refractivity contribution < 1.29 is 40.3 Å². The molecule has 0 radical (unpaired) electrons. The molecule has 2 atom stereocenters. The van der Waals surface area contributed by atoms with Crippen LogP contribution < -0.4 is 0 Å². The summed E-state index contributed by atoms with van der Waals surface area (Å²) in [7, 11) is 0. The molecule has 0 bridgehead atoms. The van der Waals surface area contributed by atoms with Gasteiger partial charge in [0.1, 0.15) is 24.4 Å². The maximum atomic E-state index is 13.7. The van der Waals surface area contributed by atoms with Crippen molar-refractivity contribution in [2.45, 2.75) is 69.1 Å². The van der Waals surface area contributed by atoms with E-state index in [0.29, 0.717) is 0 Å². The monoisotopic (exact) mass is 389 g/mol. The molecule has 0 aliphatic heterocycles. The highest BCUT2D eigenvalue weighted by molar-refractivity contribution is 5.72. The Morgan fingerprint density at radius 1 is 0.962 bits per heavy atom. The standard InChI is InChI=1S/C16H18F7NO2/c17-12-5-10(6-13(18)11(12)7-24)26-14(25)8-1-3-9(4-2-8)15(19,20)16(21,22)23/h8-13H,1-6H2. The van der Waals surface area contributed by atoms with Crippen molar-refractivity contribution >= 4 is 5.97 Å². The molecule has 148 valence electrons. The topological polar surface area (TPSA) is 50.1 Å². The molecular formula is C16H18F7NO2. The molecular weight excluding hydrogens is 371 g/mol. The lowest BCUT2D eigenvalue weighted by Gasteiger charge is -2.35. The fraction of sp³-hybridized carbons (Fsp3) is 0.875. The third-order valence-electron chi connectivity index (χ3n) is 5.14. The minimum absolute atomic E-state index is 0.208. The molecule has 0 heterocycles. The van der Waals surface area contributed by atoms with Crippen LogP contribution in [-0.2, 0) is 9.53 Å². The number of esters is 1. The Hall–Kier alpha value is -1.53. The number of hydrogen-bond donors (Lipinski definition) is 0. The average molecular weight is 389 g/mol. The van der Waals surface area contributed by atoms with Crippen LogP contribution in [0.4, 0.5) is 30.7 Å². The number of carbonyl (C=O) groups excluding carboxylic acids is 1. The number of halogens is 7. The first kappa shape index (κ1) is 20.8. The Bertz CT molecular complexity index is 540. The van der Waals surface area contributed by atoms with Crippen LogP contribution >= 0.6 is 0 Å². The predicted molar refractivity (Wildman–Crippen MR) is 74.5 cm³/mol. The molecule has 0 aromatic carbocycles. The molecule has 2 aliphatic carbocycles. The van der Waals surface area contributed by atoms with Crippen LogP contribution in [0.2, 0.25) is 0 Å². The summed E-state index contributed by atoms with van der Waals surface area (Å²) in [6, 6.07) is 1.52. The van der Waals surface area contributed by atoms with Crippen LogP contribution in [0.5, 0.6) is 0 Å². The highest BCUT2D eigenvalue weighted by Crippen LogP contribution is 2.47. The van der Waals surface area contributed by atoms with Gasteiger partial charge in [0.05, 0.1) is 12.0 Å². The Balaban J connectivity index is 1.87. The van der Waals surface area contributed by atoms with Crippen molar-refractivity contribution in [3.8, 4) is 6.07 Å². The van der Waals surface area contributed by atoms with E-state index in [-0.39, 0.29) is 25.7 Å². The van der Waals surface area contributed by atoms with Gasteiger partial charge in [-0.05, 0) is 25.7 Å². The lowest BCUT2D eigenvalue weighted by molar-refractivity contribution is -0.306. The zero-order valence-corrected chi connectivity index (χ0v) is 13.6. The van der Waals surface area contributed by atoms with E-state index in [1.54, 1.807) is 0 Å². The summed E-state index contributed by atoms with van der Waals surface area (Å²) >= 11 is 0. The van der Waals surface area contributed by atoms with Gasteiger partial charge in [-0.2, -0.15) is 27.2 Å². The molecule has 0 N–H and O–H groups in total. The van der Waals surface area contributed by atoms with Gasteiger partial charge in [0.25, 0.3) is 0 Å². The number of alkyl halides is 7. The fourth-order valence-corrected chi connectivity index (χ4v) is 3.56. The summed E-state index contributed by atoms with van der Waals surface area (Å²) in [5.41, 5.74) is 0. The van der Waals surface area contributed by atoms with E-state index < -0.39 is 67.1 Å². The minimum atomic E-state index is -5.64. The van der Waals surface area contributed by atoms with E-state index in [2.05, 4.69) is 0 Å². The van der Waals surface area contributed by atoms with Crippen molar-refractivity contribution in [1.82, 2.24) is 0 Å². The maximum absolute atomic E-state index is 13.7. The van der Waals surface area contributed by atoms with Crippen molar-refractivity contribution in [1.29, 1.82) is 5.26 Å². The summed E-state index contributed by atoms with van der Waals surface area (Å²) in [4.78, 5) is 12.0. The molecule has 10 heteroatoms. The van der Waals surface area contributed by atoms with E-state index in [9.17, 15) is 35.5 Å². The normalized spacial score (nSPS) is 36.2. The molecule has 0 saturated heterocycles. The Morgan fingerprint density at radius 2 is 1.46 bits per heavy atom. The van der Waals surface area contributed by atoms with E-state index in [1.165, 1.54) is 6.07 Å². The zero-order valence-electron chi connectivity index (χ0n) is 13.6. The first-order valence-electron chi connectivity index (χ1n) is 8.30. The van der Waals surface area contributed by atoms with Gasteiger partial charge in [-0.15, -0.1) is 0 Å². The second kappa shape index (κ2) is 7.61. The summed E-state index contributed by atoms with van der Waals surface area (Å²) in [6.07, 6.45) is -12.4. The van der Waals surface area contributed by atoms with Crippen LogP contribution in [0.25, 0.3) is 0 Å². The lowest BCUT2D eigenvalue weighted by Crippen LogP contribution is -2.45. The number of nitrogens with zero attached hydrogens (tertiary/aromatic N) is 1. The summed E-state index contributed by atoms with van der Waals surface area (Å²) in [5.74, 6) is -9.87. The molecule has 0 amide bonds. The second-order valence-electron chi connectivity index (χ2n) is 6.89. The molecule has 3 nitrogen and oxygen atoms in total. The fourth-order valence-electron chi connectivity index (χ4n) is 3.56. The first-order chi connectivity index (χ1) is 12.0. The molecule has 26 heavy (non-hydrogen) atoms. The van der Waals surface area contributed by atoms with E-state index in [4.69, 9.17) is 10.00 Å². The molecule has 2 unspecified atom stereocenters. The molecule has 0 aromatic heterocycles. The summed E-state index contributed by atoms with van der Waals surface area (Å²) in [6.45, 7) is 0. The van der Waals surface area contributed by atoms with Gasteiger partial charge in [0.15, 0.2) is 0 Å². The first-order valence-corrected chi connectivity index (χ1v) is 8.30. The van der Waals surface area contributed by atoms with Crippen molar-refractivity contribution in [3.05, 3.63) is 0 Å². The SMILES string of the molecule is N#CC1C(F)CC(OC(=O)C2CCC(C(F)(F)C(F)(F)F)CC2)CC1F. The van der Waals surface area contributed by atoms with Crippen LogP contribution in [0.15, 0.2) is 0 Å². The Labute approximate surface area is 145 Å². The average Bonchev–Trinajstić information content (AvgIpc) is 2.53. The largest absolute Gasteiger partial charge is 0.462 e. The van der Waals surface area contributed by atoms with E-state index >= 15 is 0 Å². The van der Waals surface area contributed by atoms with Crippen molar-refractivity contribution in [2.75, 3.05) is 0 Å². The summed E-state index contributed by atoms with van der Waals surface area (Å²) in [5, 5.41) is 8.67. The minimum Gasteiger partial charge on any atom is -0.462 e. The number of carbonyl (C=O) groups is 1. The van der Waals surface area contributed by atoms with Gasteiger partial charge in [0.2, 0.25) is 0 Å². The molecule has 0 spiro atoms. The quantitative estimate of drug-likeness (QED) is 0.527. The lowest BCUT2D eigenvalue weighted by atomic mass is 9.78. The second-order valence-corrected chi connectivity index (χ2v) is 6.89. The van der Waals surface area contributed by atoms with Gasteiger partial charge in [-0.25, -0.2) is 8.78 Å². The van der Waals surface area contributed by atoms with Crippen LogP contribution in [-0.4, -0.2) is 36.5 Å². The smallest absolute Gasteiger partial charge is 0.453 e. The number of ether oxygens (including phenoxy) is 1. The molecule has 2 aliphatic rings. The zero-order chi connectivity index (χ0) is 19.7. The van der Waals surface area contributed by atoms with Gasteiger partial charge in [-0.1, -0.05) is 0 Å². The Morgan fingerprint density at radius 3 is 1.88 bits per heavy atom. The molecule has 2 rings (SSSR count). The van der Waals surface area contributed by atoms with Gasteiger partial charge in [0, 0.05) is 18.8 Å². The number of nitriles is 1. The van der Waals surface area contributed by atoms with Crippen molar-refractivity contribution in [2.24, 2.45) is 17.8 Å². The third kappa shape index (κ3) is 4.23. The van der Waals surface area contributed by atoms with Gasteiger partial charge in [-0.3, -0.25) is 4.79 Å². The van der Waals surface area contributed by atoms with E-state index in [1.807, 2.05) is 0 Å². The highest BCUT2D eigenvalue weighted by atomic mass is 19.4.